The fourth-order valence-corrected chi connectivity index (χ4v) is 2.87. The molecule has 2 nitrogen and oxygen atoms in total. The molecule has 2 aromatic rings. The molecule has 0 spiro atoms. The number of thiazole rings is 1. The molecule has 1 aromatic carbocycles. The van der Waals surface area contributed by atoms with Gasteiger partial charge in [0.1, 0.15) is 0 Å². The van der Waals surface area contributed by atoms with Crippen LogP contribution in [0.15, 0.2) is 34.4 Å². The lowest BCUT2D eigenvalue weighted by Crippen LogP contribution is -2.22. The molecule has 0 amide bonds. The fraction of sp³-hybridized carbons (Fsp3) is 0.357. The fourth-order valence-electron chi connectivity index (χ4n) is 1.98. The smallest absolute Gasteiger partial charge is 0.0794 e. The number of aryl methyl sites for hydroxylation is 1. The monoisotopic (exact) mass is 324 g/mol. The molecule has 1 N–H and O–H groups in total. The zero-order valence-corrected chi connectivity index (χ0v) is 13.0. The summed E-state index contributed by atoms with van der Waals surface area (Å²) in [5.41, 5.74) is 4.51. The van der Waals surface area contributed by atoms with E-state index in [1.165, 1.54) is 20.5 Å². The molecule has 0 fully saturated rings. The van der Waals surface area contributed by atoms with Crippen LogP contribution in [0.2, 0.25) is 0 Å². The van der Waals surface area contributed by atoms with Crippen LogP contribution in [0.1, 0.15) is 29.0 Å². The van der Waals surface area contributed by atoms with Crippen molar-refractivity contribution in [2.24, 2.45) is 0 Å². The summed E-state index contributed by atoms with van der Waals surface area (Å²) < 4.78 is 1.17. The van der Waals surface area contributed by atoms with Crippen molar-refractivity contribution in [2.45, 2.75) is 26.3 Å². The van der Waals surface area contributed by atoms with Gasteiger partial charge in [0.15, 0.2) is 0 Å². The molecule has 1 unspecified atom stereocenters. The second-order valence-corrected chi connectivity index (χ2v) is 6.12. The Morgan fingerprint density at radius 3 is 2.89 bits per heavy atom. The second-order valence-electron chi connectivity index (χ2n) is 4.29. The lowest BCUT2D eigenvalue weighted by atomic mass is 10.0. The van der Waals surface area contributed by atoms with Crippen LogP contribution in [0.4, 0.5) is 0 Å². The molecule has 4 heteroatoms. The maximum atomic E-state index is 4.14. The molecular weight excluding hydrogens is 308 g/mol. The van der Waals surface area contributed by atoms with Crippen LogP contribution in [0.5, 0.6) is 0 Å². The lowest BCUT2D eigenvalue weighted by molar-refractivity contribution is 0.552. The Kier molecular flexibility index (Phi) is 4.92. The van der Waals surface area contributed by atoms with Crippen molar-refractivity contribution >= 4 is 27.3 Å². The highest BCUT2D eigenvalue weighted by molar-refractivity contribution is 9.10. The molecular formula is C14H17BrN2S. The Morgan fingerprint density at radius 2 is 2.28 bits per heavy atom. The van der Waals surface area contributed by atoms with E-state index >= 15 is 0 Å². The SMILES string of the molecule is CCNC(Cc1cncs1)c1ccc(Br)c(C)c1. The third kappa shape index (κ3) is 3.40. The highest BCUT2D eigenvalue weighted by Gasteiger charge is 2.12. The summed E-state index contributed by atoms with van der Waals surface area (Å²) in [4.78, 5) is 5.46. The van der Waals surface area contributed by atoms with Gasteiger partial charge in [-0.15, -0.1) is 11.3 Å². The van der Waals surface area contributed by atoms with Gasteiger partial charge in [0.05, 0.1) is 5.51 Å². The standard InChI is InChI=1S/C14H17BrN2S/c1-3-17-14(7-12-8-16-9-18-12)11-4-5-13(15)10(2)6-11/h4-6,8-9,14,17H,3,7H2,1-2H3. The van der Waals surface area contributed by atoms with Gasteiger partial charge >= 0.3 is 0 Å². The van der Waals surface area contributed by atoms with Crippen molar-refractivity contribution in [3.63, 3.8) is 0 Å². The molecule has 0 aliphatic carbocycles. The summed E-state index contributed by atoms with van der Waals surface area (Å²) in [5.74, 6) is 0. The number of aromatic nitrogens is 1. The molecule has 18 heavy (non-hydrogen) atoms. The maximum Gasteiger partial charge on any atom is 0.0794 e. The summed E-state index contributed by atoms with van der Waals surface area (Å²) in [6.45, 7) is 5.24. The lowest BCUT2D eigenvalue weighted by Gasteiger charge is -2.18. The van der Waals surface area contributed by atoms with Gasteiger partial charge in [0, 0.05) is 28.0 Å². The molecule has 96 valence electrons. The Hall–Kier alpha value is -0.710. The van der Waals surface area contributed by atoms with Crippen LogP contribution in [-0.2, 0) is 6.42 Å². The topological polar surface area (TPSA) is 24.9 Å². The minimum atomic E-state index is 0.363. The third-order valence-corrected chi connectivity index (χ3v) is 4.62. The molecule has 0 saturated heterocycles. The molecule has 1 atom stereocenters. The van der Waals surface area contributed by atoms with Gasteiger partial charge in [0.2, 0.25) is 0 Å². The number of hydrogen-bond donors (Lipinski definition) is 1. The summed E-state index contributed by atoms with van der Waals surface area (Å²) in [6, 6.07) is 6.92. The van der Waals surface area contributed by atoms with Crippen molar-refractivity contribution in [2.75, 3.05) is 6.54 Å². The Bertz CT molecular complexity index is 497. The Balaban J connectivity index is 2.20. The molecule has 0 aliphatic heterocycles. The summed E-state index contributed by atoms with van der Waals surface area (Å²) >= 11 is 5.27. The van der Waals surface area contributed by atoms with Gasteiger partial charge in [-0.2, -0.15) is 0 Å². The van der Waals surface area contributed by atoms with E-state index in [9.17, 15) is 0 Å². The summed E-state index contributed by atoms with van der Waals surface area (Å²) in [7, 11) is 0. The first kappa shape index (κ1) is 13.7. The van der Waals surface area contributed by atoms with Crippen LogP contribution in [-0.4, -0.2) is 11.5 Å². The molecule has 0 bridgehead atoms. The number of benzene rings is 1. The van der Waals surface area contributed by atoms with Gasteiger partial charge < -0.3 is 5.32 Å². The number of rotatable bonds is 5. The molecule has 1 aromatic heterocycles. The minimum Gasteiger partial charge on any atom is -0.310 e. The van der Waals surface area contributed by atoms with Crippen molar-refractivity contribution in [3.05, 3.63) is 50.4 Å². The highest BCUT2D eigenvalue weighted by atomic mass is 79.9. The van der Waals surface area contributed by atoms with Crippen molar-refractivity contribution in [1.29, 1.82) is 0 Å². The van der Waals surface area contributed by atoms with Gasteiger partial charge in [0.25, 0.3) is 0 Å². The van der Waals surface area contributed by atoms with E-state index in [1.807, 2.05) is 11.7 Å². The largest absolute Gasteiger partial charge is 0.310 e. The average Bonchev–Trinajstić information content (AvgIpc) is 2.85. The molecule has 0 aliphatic rings. The second kappa shape index (κ2) is 6.45. The Morgan fingerprint density at radius 1 is 1.44 bits per heavy atom. The van der Waals surface area contributed by atoms with Crippen LogP contribution in [0, 0.1) is 6.92 Å². The van der Waals surface area contributed by atoms with E-state index < -0.39 is 0 Å². The van der Waals surface area contributed by atoms with Crippen LogP contribution >= 0.6 is 27.3 Å². The quantitative estimate of drug-likeness (QED) is 0.895. The van der Waals surface area contributed by atoms with Crippen molar-refractivity contribution in [3.8, 4) is 0 Å². The first-order valence-electron chi connectivity index (χ1n) is 6.07. The van der Waals surface area contributed by atoms with Gasteiger partial charge in [-0.1, -0.05) is 35.0 Å². The number of likely N-dealkylation sites (N-methyl/N-ethyl adjacent to an activating group) is 1. The van der Waals surface area contributed by atoms with E-state index in [0.717, 1.165) is 13.0 Å². The zero-order chi connectivity index (χ0) is 13.0. The van der Waals surface area contributed by atoms with Gasteiger partial charge in [-0.25, -0.2) is 0 Å². The van der Waals surface area contributed by atoms with Crippen molar-refractivity contribution < 1.29 is 0 Å². The van der Waals surface area contributed by atoms with E-state index in [0.29, 0.717) is 6.04 Å². The average molecular weight is 325 g/mol. The molecule has 1 heterocycles. The number of hydrogen-bond acceptors (Lipinski definition) is 3. The number of nitrogens with one attached hydrogen (secondary N) is 1. The van der Waals surface area contributed by atoms with E-state index in [2.05, 4.69) is 58.3 Å². The first-order valence-corrected chi connectivity index (χ1v) is 7.74. The maximum absolute atomic E-state index is 4.14. The van der Waals surface area contributed by atoms with Crippen LogP contribution < -0.4 is 5.32 Å². The third-order valence-electron chi connectivity index (χ3n) is 2.92. The summed E-state index contributed by atoms with van der Waals surface area (Å²) in [6.07, 6.45) is 2.96. The zero-order valence-electron chi connectivity index (χ0n) is 10.6. The van der Waals surface area contributed by atoms with E-state index in [1.54, 1.807) is 11.3 Å². The first-order chi connectivity index (χ1) is 8.70. The summed E-state index contributed by atoms with van der Waals surface area (Å²) in [5, 5.41) is 3.55. The van der Waals surface area contributed by atoms with E-state index in [4.69, 9.17) is 0 Å². The predicted octanol–water partition coefficient (Wildman–Crippen LogP) is 4.11. The predicted molar refractivity (Wildman–Crippen MR) is 81.1 cm³/mol. The molecule has 0 saturated carbocycles. The van der Waals surface area contributed by atoms with Crippen LogP contribution in [0.25, 0.3) is 0 Å². The minimum absolute atomic E-state index is 0.363. The Labute approximate surface area is 121 Å². The van der Waals surface area contributed by atoms with Crippen LogP contribution in [0.3, 0.4) is 0 Å². The highest BCUT2D eigenvalue weighted by Crippen LogP contribution is 2.24. The van der Waals surface area contributed by atoms with Gasteiger partial charge in [-0.05, 0) is 30.7 Å². The normalized spacial score (nSPS) is 12.6. The van der Waals surface area contributed by atoms with E-state index in [-0.39, 0.29) is 0 Å². The number of halogens is 1. The number of nitrogens with zero attached hydrogens (tertiary/aromatic N) is 1. The van der Waals surface area contributed by atoms with Crippen molar-refractivity contribution in [1.82, 2.24) is 10.3 Å². The van der Waals surface area contributed by atoms with Gasteiger partial charge in [-0.3, -0.25) is 4.98 Å². The molecule has 0 radical (unpaired) electrons. The molecule has 2 rings (SSSR count).